The van der Waals surface area contributed by atoms with Gasteiger partial charge in [0.1, 0.15) is 17.9 Å². The van der Waals surface area contributed by atoms with Crippen molar-refractivity contribution in [2.24, 2.45) is 0 Å². The summed E-state index contributed by atoms with van der Waals surface area (Å²) >= 11 is 5.58. The summed E-state index contributed by atoms with van der Waals surface area (Å²) in [4.78, 5) is 24.7. The van der Waals surface area contributed by atoms with Crippen LogP contribution in [0, 0.1) is 5.82 Å². The summed E-state index contributed by atoms with van der Waals surface area (Å²) < 4.78 is 17.8. The van der Waals surface area contributed by atoms with Crippen LogP contribution in [0.1, 0.15) is 17.3 Å². The number of ether oxygens (including phenoxy) is 1. The van der Waals surface area contributed by atoms with Gasteiger partial charge in [-0.15, -0.1) is 0 Å². The minimum Gasteiger partial charge on any atom is -0.495 e. The van der Waals surface area contributed by atoms with Crippen molar-refractivity contribution in [3.8, 4) is 5.75 Å². The van der Waals surface area contributed by atoms with Gasteiger partial charge in [-0.2, -0.15) is 0 Å². The molecule has 1 N–H and O–H groups in total. The van der Waals surface area contributed by atoms with E-state index in [2.05, 4.69) is 10.3 Å². The molecular weight excluding hydrogens is 311 g/mol. The van der Waals surface area contributed by atoms with Crippen LogP contribution in [-0.4, -0.2) is 24.3 Å². The van der Waals surface area contributed by atoms with Gasteiger partial charge in [0.25, 0.3) is 0 Å². The Bertz CT molecular complexity index is 665. The van der Waals surface area contributed by atoms with E-state index in [4.69, 9.17) is 16.3 Å². The molecule has 0 bridgehead atoms. The van der Waals surface area contributed by atoms with Crippen molar-refractivity contribution >= 4 is 29.5 Å². The first-order valence-electron chi connectivity index (χ1n) is 6.13. The average Bonchev–Trinajstić information content (AvgIpc) is 2.49. The fourth-order valence-electron chi connectivity index (χ4n) is 1.41. The maximum atomic E-state index is 12.9. The van der Waals surface area contributed by atoms with Crippen molar-refractivity contribution in [2.45, 2.75) is 6.92 Å². The molecule has 0 aliphatic rings. The first kappa shape index (κ1) is 17.6. The van der Waals surface area contributed by atoms with E-state index >= 15 is 0 Å². The summed E-state index contributed by atoms with van der Waals surface area (Å²) in [6.45, 7) is 1.27. The second kappa shape index (κ2) is 8.74. The lowest BCUT2D eigenvalue weighted by Gasteiger charge is -2.03. The highest BCUT2D eigenvalue weighted by Crippen LogP contribution is 2.15. The molecule has 116 valence electrons. The Morgan fingerprint density at radius 3 is 2.59 bits per heavy atom. The van der Waals surface area contributed by atoms with Crippen molar-refractivity contribution in [2.75, 3.05) is 12.4 Å². The molecule has 1 aromatic carbocycles. The second-order valence-electron chi connectivity index (χ2n) is 4.08. The van der Waals surface area contributed by atoms with E-state index in [9.17, 15) is 14.0 Å². The summed E-state index contributed by atoms with van der Waals surface area (Å²) in [5.74, 6) is -0.245. The molecule has 0 radical (unpaired) electrons. The zero-order valence-corrected chi connectivity index (χ0v) is 12.7. The third-order valence-electron chi connectivity index (χ3n) is 2.35. The van der Waals surface area contributed by atoms with E-state index in [1.54, 1.807) is 25.6 Å². The fourth-order valence-corrected chi connectivity index (χ4v) is 1.57. The summed E-state index contributed by atoms with van der Waals surface area (Å²) in [5.41, 5.74) is 0.349. The van der Waals surface area contributed by atoms with E-state index in [0.717, 1.165) is 6.07 Å². The number of nitrogens with one attached hydrogen (secondary N) is 1. The van der Waals surface area contributed by atoms with Crippen molar-refractivity contribution in [3.63, 3.8) is 0 Å². The van der Waals surface area contributed by atoms with Crippen LogP contribution in [0.4, 0.5) is 10.1 Å². The van der Waals surface area contributed by atoms with Gasteiger partial charge >= 0.3 is 0 Å². The quantitative estimate of drug-likeness (QED) is 0.879. The number of nitrogens with zero attached hydrogens (tertiary/aromatic N) is 1. The van der Waals surface area contributed by atoms with Gasteiger partial charge in [0.15, 0.2) is 0 Å². The molecule has 0 atom stereocenters. The molecule has 1 amide bonds. The number of methoxy groups -OCH3 is 1. The highest BCUT2D eigenvalue weighted by Gasteiger charge is 2.03. The molecule has 2 rings (SSSR count). The van der Waals surface area contributed by atoms with Crippen LogP contribution in [0.15, 0.2) is 36.7 Å². The first-order chi connectivity index (χ1) is 10.5. The van der Waals surface area contributed by atoms with Crippen molar-refractivity contribution < 1.29 is 18.7 Å². The van der Waals surface area contributed by atoms with E-state index in [-0.39, 0.29) is 11.6 Å². The lowest BCUT2D eigenvalue weighted by Crippen LogP contribution is -2.07. The predicted molar refractivity (Wildman–Crippen MR) is 81.9 cm³/mol. The molecular formula is C15H14ClFN2O3. The monoisotopic (exact) mass is 324 g/mol. The molecule has 1 heterocycles. The summed E-state index contributed by atoms with van der Waals surface area (Å²) in [5, 5.41) is 2.87. The number of rotatable bonds is 3. The molecule has 7 heteroatoms. The molecule has 5 nitrogen and oxygen atoms in total. The van der Waals surface area contributed by atoms with Crippen LogP contribution in [0.3, 0.4) is 0 Å². The van der Waals surface area contributed by atoms with E-state index < -0.39 is 5.82 Å². The maximum absolute atomic E-state index is 12.9. The molecule has 0 saturated carbocycles. The highest BCUT2D eigenvalue weighted by molar-refractivity contribution is 6.30. The molecule has 22 heavy (non-hydrogen) atoms. The molecule has 0 aliphatic carbocycles. The fraction of sp³-hybridized carbons (Fsp3) is 0.133. The van der Waals surface area contributed by atoms with Gasteiger partial charge in [-0.3, -0.25) is 14.6 Å². The Labute approximate surface area is 132 Å². The normalized spacial score (nSPS) is 9.27. The third-order valence-corrected chi connectivity index (χ3v) is 2.56. The number of halogens is 2. The summed E-state index contributed by atoms with van der Waals surface area (Å²) in [7, 11) is 1.58. The van der Waals surface area contributed by atoms with Crippen LogP contribution >= 0.6 is 11.6 Å². The largest absolute Gasteiger partial charge is 0.495 e. The Hall–Kier alpha value is -2.47. The average molecular weight is 325 g/mol. The topological polar surface area (TPSA) is 68.3 Å². The maximum Gasteiger partial charge on any atom is 0.221 e. The molecule has 0 spiro atoms. The van der Waals surface area contributed by atoms with E-state index in [1.165, 1.54) is 19.1 Å². The summed E-state index contributed by atoms with van der Waals surface area (Å²) in [6.07, 6.45) is 3.75. The molecule has 0 fully saturated rings. The van der Waals surface area contributed by atoms with Crippen LogP contribution in [0.2, 0.25) is 5.02 Å². The number of aldehydes is 1. The Morgan fingerprint density at radius 2 is 2.09 bits per heavy atom. The number of pyridine rings is 1. The first-order valence-corrected chi connectivity index (χ1v) is 6.51. The van der Waals surface area contributed by atoms with Gasteiger partial charge in [-0.1, -0.05) is 11.6 Å². The zero-order valence-electron chi connectivity index (χ0n) is 12.0. The highest BCUT2D eigenvalue weighted by atomic mass is 35.5. The van der Waals surface area contributed by atoms with Gasteiger partial charge in [0.05, 0.1) is 24.0 Å². The van der Waals surface area contributed by atoms with Gasteiger partial charge in [0, 0.05) is 24.8 Å². The van der Waals surface area contributed by atoms with Gasteiger partial charge in [-0.25, -0.2) is 4.39 Å². The van der Waals surface area contributed by atoms with Gasteiger partial charge < -0.3 is 10.1 Å². The van der Waals surface area contributed by atoms with Gasteiger partial charge in [-0.05, 0) is 18.2 Å². The molecule has 1 aromatic heterocycles. The third kappa shape index (κ3) is 5.88. The minimum atomic E-state index is -0.555. The molecule has 2 aromatic rings. The standard InChI is InChI=1S/C9H8FNO2.C6H6ClNO/c1-6(13)11-9-4-7(5-12)2-3-8(9)10;1-9-6-2-5(7)3-8-4-6/h2-5H,1H3,(H,11,13);2-4H,1H3. The lowest BCUT2D eigenvalue weighted by atomic mass is 10.2. The number of hydrogen-bond acceptors (Lipinski definition) is 4. The second-order valence-corrected chi connectivity index (χ2v) is 4.52. The number of carbonyl (C=O) groups excluding carboxylic acids is 2. The number of amides is 1. The number of benzene rings is 1. The van der Waals surface area contributed by atoms with Crippen LogP contribution in [-0.2, 0) is 4.79 Å². The van der Waals surface area contributed by atoms with Crippen molar-refractivity contribution in [3.05, 3.63) is 53.1 Å². The van der Waals surface area contributed by atoms with Crippen molar-refractivity contribution in [1.29, 1.82) is 0 Å². The smallest absolute Gasteiger partial charge is 0.221 e. The Morgan fingerprint density at radius 1 is 1.36 bits per heavy atom. The van der Waals surface area contributed by atoms with Crippen molar-refractivity contribution in [1.82, 2.24) is 4.98 Å². The minimum absolute atomic E-state index is 0.0251. The lowest BCUT2D eigenvalue weighted by molar-refractivity contribution is -0.114. The van der Waals surface area contributed by atoms with Crippen LogP contribution in [0.5, 0.6) is 5.75 Å². The van der Waals surface area contributed by atoms with E-state index in [0.29, 0.717) is 22.6 Å². The van der Waals surface area contributed by atoms with Crippen LogP contribution < -0.4 is 10.1 Å². The zero-order chi connectivity index (χ0) is 16.5. The molecule has 0 saturated heterocycles. The number of anilines is 1. The number of hydrogen-bond donors (Lipinski definition) is 1. The van der Waals surface area contributed by atoms with Gasteiger partial charge in [0.2, 0.25) is 5.91 Å². The molecule has 0 unspecified atom stereocenters. The Kier molecular flexibility index (Phi) is 6.98. The van der Waals surface area contributed by atoms with E-state index in [1.807, 2.05) is 0 Å². The summed E-state index contributed by atoms with van der Waals surface area (Å²) in [6, 6.07) is 5.46. The number of aromatic nitrogens is 1. The Balaban J connectivity index is 0.000000235. The van der Waals surface area contributed by atoms with Crippen LogP contribution in [0.25, 0.3) is 0 Å². The SMILES string of the molecule is CC(=O)Nc1cc(C=O)ccc1F.COc1cncc(Cl)c1. The predicted octanol–water partition coefficient (Wildman–Crippen LogP) is 3.34. The molecule has 0 aliphatic heterocycles. The number of carbonyl (C=O) groups is 2.